The van der Waals surface area contributed by atoms with Crippen LogP contribution in [-0.2, 0) is 6.54 Å². The van der Waals surface area contributed by atoms with E-state index in [4.69, 9.17) is 0 Å². The van der Waals surface area contributed by atoms with Crippen LogP contribution in [0.25, 0.3) is 0 Å². The third-order valence-electron chi connectivity index (χ3n) is 4.52. The Morgan fingerprint density at radius 3 is 1.73 bits per heavy atom. The minimum Gasteiger partial charge on any atom is -0.336 e. The van der Waals surface area contributed by atoms with Crippen LogP contribution in [0.3, 0.4) is 0 Å². The SMILES string of the molecule is CCCCCCCCSC(Cn1ccnc1)SCCCCCCCC.Cl. The highest BCUT2D eigenvalue weighted by Gasteiger charge is 2.10. The highest BCUT2D eigenvalue weighted by Crippen LogP contribution is 2.28. The van der Waals surface area contributed by atoms with Gasteiger partial charge in [-0.25, -0.2) is 4.98 Å². The summed E-state index contributed by atoms with van der Waals surface area (Å²) in [5.41, 5.74) is 0. The van der Waals surface area contributed by atoms with Crippen molar-refractivity contribution in [3.8, 4) is 0 Å². The van der Waals surface area contributed by atoms with Gasteiger partial charge in [0, 0.05) is 18.9 Å². The molecule has 0 saturated carbocycles. The van der Waals surface area contributed by atoms with Gasteiger partial charge in [-0.2, -0.15) is 0 Å². The number of thioether (sulfide) groups is 2. The van der Waals surface area contributed by atoms with Crippen LogP contribution in [0.1, 0.15) is 90.9 Å². The summed E-state index contributed by atoms with van der Waals surface area (Å²) in [4.78, 5) is 4.20. The third kappa shape index (κ3) is 15.3. The van der Waals surface area contributed by atoms with E-state index in [0.717, 1.165) is 6.54 Å². The van der Waals surface area contributed by atoms with E-state index in [1.165, 1.54) is 88.6 Å². The molecule has 1 aromatic heterocycles. The Labute approximate surface area is 177 Å². The van der Waals surface area contributed by atoms with Crippen molar-refractivity contribution in [2.45, 2.75) is 102 Å². The predicted octanol–water partition coefficient (Wildman–Crippen LogP) is 7.82. The minimum absolute atomic E-state index is 0. The molecule has 0 spiro atoms. The van der Waals surface area contributed by atoms with Crippen molar-refractivity contribution >= 4 is 35.9 Å². The van der Waals surface area contributed by atoms with Crippen LogP contribution >= 0.6 is 35.9 Å². The fraction of sp³-hybridized carbons (Fsp3) is 0.857. The average Bonchev–Trinajstić information content (AvgIpc) is 3.13. The molecule has 2 nitrogen and oxygen atoms in total. The van der Waals surface area contributed by atoms with Crippen molar-refractivity contribution in [1.82, 2.24) is 9.55 Å². The highest BCUT2D eigenvalue weighted by molar-refractivity contribution is 8.17. The van der Waals surface area contributed by atoms with Crippen molar-refractivity contribution in [2.24, 2.45) is 0 Å². The lowest BCUT2D eigenvalue weighted by Crippen LogP contribution is -2.10. The van der Waals surface area contributed by atoms with Gasteiger partial charge in [0.05, 0.1) is 10.9 Å². The van der Waals surface area contributed by atoms with Crippen LogP contribution in [0.2, 0.25) is 0 Å². The van der Waals surface area contributed by atoms with Crippen molar-refractivity contribution in [3.63, 3.8) is 0 Å². The normalized spacial score (nSPS) is 11.0. The van der Waals surface area contributed by atoms with E-state index in [1.54, 1.807) is 0 Å². The van der Waals surface area contributed by atoms with Crippen LogP contribution in [0.5, 0.6) is 0 Å². The Morgan fingerprint density at radius 1 is 0.769 bits per heavy atom. The number of rotatable bonds is 18. The van der Waals surface area contributed by atoms with Gasteiger partial charge in [-0.1, -0.05) is 78.1 Å². The second kappa shape index (κ2) is 19.9. The summed E-state index contributed by atoms with van der Waals surface area (Å²) in [5, 5.41) is 0. The van der Waals surface area contributed by atoms with E-state index in [1.807, 2.05) is 12.5 Å². The van der Waals surface area contributed by atoms with E-state index in [9.17, 15) is 0 Å². The number of nitrogens with zero attached hydrogens (tertiary/aromatic N) is 2. The molecule has 0 aliphatic heterocycles. The third-order valence-corrected chi connectivity index (χ3v) is 7.43. The average molecular weight is 421 g/mol. The second-order valence-electron chi connectivity index (χ2n) is 6.97. The number of unbranched alkanes of at least 4 members (excludes halogenated alkanes) is 10. The lowest BCUT2D eigenvalue weighted by Gasteiger charge is -2.17. The first-order chi connectivity index (χ1) is 12.4. The first kappa shape index (κ1) is 26.2. The quantitative estimate of drug-likeness (QED) is 0.178. The summed E-state index contributed by atoms with van der Waals surface area (Å²) in [6, 6.07) is 0. The fourth-order valence-electron chi connectivity index (χ4n) is 2.91. The maximum atomic E-state index is 4.20. The Hall–Kier alpha value is 0.200. The molecule has 0 saturated heterocycles. The molecule has 1 heterocycles. The molecule has 0 fully saturated rings. The van der Waals surface area contributed by atoms with Crippen LogP contribution in [0, 0.1) is 0 Å². The molecule has 0 aliphatic carbocycles. The van der Waals surface area contributed by atoms with Gasteiger partial charge in [-0.15, -0.1) is 35.9 Å². The summed E-state index contributed by atoms with van der Waals surface area (Å²) in [5.74, 6) is 2.63. The predicted molar refractivity (Wildman–Crippen MR) is 125 cm³/mol. The molecule has 1 rings (SSSR count). The molecule has 0 unspecified atom stereocenters. The summed E-state index contributed by atoms with van der Waals surface area (Å²) < 4.78 is 2.92. The van der Waals surface area contributed by atoms with Gasteiger partial charge in [0.25, 0.3) is 0 Å². The zero-order valence-corrected chi connectivity index (χ0v) is 19.5. The van der Waals surface area contributed by atoms with Crippen LogP contribution in [0.15, 0.2) is 18.7 Å². The van der Waals surface area contributed by atoms with E-state index in [0.29, 0.717) is 4.58 Å². The zero-order chi connectivity index (χ0) is 18.0. The van der Waals surface area contributed by atoms with Crippen molar-refractivity contribution < 1.29 is 0 Å². The second-order valence-corrected chi connectivity index (χ2v) is 9.89. The largest absolute Gasteiger partial charge is 0.336 e. The molecule has 0 N–H and O–H groups in total. The maximum absolute atomic E-state index is 4.20. The lowest BCUT2D eigenvalue weighted by atomic mass is 10.1. The van der Waals surface area contributed by atoms with E-state index >= 15 is 0 Å². The summed E-state index contributed by atoms with van der Waals surface area (Å²) in [6.45, 7) is 5.68. The molecule has 1 aromatic rings. The van der Waals surface area contributed by atoms with Gasteiger partial charge < -0.3 is 4.57 Å². The number of imidazole rings is 1. The smallest absolute Gasteiger partial charge is 0.0946 e. The van der Waals surface area contributed by atoms with Crippen molar-refractivity contribution in [1.29, 1.82) is 0 Å². The fourth-order valence-corrected chi connectivity index (χ4v) is 5.70. The molecule has 0 aromatic carbocycles. The first-order valence-electron chi connectivity index (χ1n) is 10.6. The Balaban J connectivity index is 0.00000625. The lowest BCUT2D eigenvalue weighted by molar-refractivity contribution is 0.626. The van der Waals surface area contributed by atoms with Crippen LogP contribution in [0.4, 0.5) is 0 Å². The van der Waals surface area contributed by atoms with Crippen molar-refractivity contribution in [3.05, 3.63) is 18.7 Å². The van der Waals surface area contributed by atoms with Crippen molar-refractivity contribution in [2.75, 3.05) is 11.5 Å². The highest BCUT2D eigenvalue weighted by atomic mass is 35.5. The van der Waals surface area contributed by atoms with Gasteiger partial charge in [0.1, 0.15) is 0 Å². The van der Waals surface area contributed by atoms with E-state index in [2.05, 4.69) is 53.1 Å². The van der Waals surface area contributed by atoms with Crippen LogP contribution < -0.4 is 0 Å². The number of halogens is 1. The topological polar surface area (TPSA) is 17.8 Å². The van der Waals surface area contributed by atoms with E-state index < -0.39 is 0 Å². The molecule has 154 valence electrons. The molecule has 0 bridgehead atoms. The maximum Gasteiger partial charge on any atom is 0.0946 e. The van der Waals surface area contributed by atoms with Gasteiger partial charge >= 0.3 is 0 Å². The summed E-state index contributed by atoms with van der Waals surface area (Å²) in [6.07, 6.45) is 22.7. The first-order valence-corrected chi connectivity index (χ1v) is 12.7. The number of hydrogen-bond acceptors (Lipinski definition) is 3. The van der Waals surface area contributed by atoms with Gasteiger partial charge in [-0.3, -0.25) is 0 Å². The molecule has 0 aliphatic rings. The number of hydrogen-bond donors (Lipinski definition) is 0. The molecule has 5 heteroatoms. The monoisotopic (exact) mass is 420 g/mol. The molecule has 0 radical (unpaired) electrons. The Bertz CT molecular complexity index is 356. The Morgan fingerprint density at radius 2 is 1.27 bits per heavy atom. The molecule has 0 amide bonds. The zero-order valence-electron chi connectivity index (χ0n) is 17.0. The minimum atomic E-state index is 0. The van der Waals surface area contributed by atoms with Crippen LogP contribution in [-0.4, -0.2) is 25.6 Å². The van der Waals surface area contributed by atoms with E-state index in [-0.39, 0.29) is 12.4 Å². The molecular formula is C21H41ClN2S2. The number of aromatic nitrogens is 2. The molecule has 0 atom stereocenters. The molecular weight excluding hydrogens is 380 g/mol. The van der Waals surface area contributed by atoms with Gasteiger partial charge in [0.15, 0.2) is 0 Å². The van der Waals surface area contributed by atoms with Gasteiger partial charge in [0.2, 0.25) is 0 Å². The standard InChI is InChI=1S/C21H40N2S2.ClH/c1-3-5-7-9-11-13-17-24-21(19-23-16-15-22-20-23)25-18-14-12-10-8-6-4-2;/h15-16,20-21H,3-14,17-19H2,1-2H3;1H. The Kier molecular flexibility index (Phi) is 20.1. The van der Waals surface area contributed by atoms with Gasteiger partial charge in [-0.05, 0) is 24.3 Å². The molecule has 26 heavy (non-hydrogen) atoms. The summed E-state index contributed by atoms with van der Waals surface area (Å²) >= 11 is 4.34. The summed E-state index contributed by atoms with van der Waals surface area (Å²) in [7, 11) is 0.